The van der Waals surface area contributed by atoms with Crippen LogP contribution in [0.25, 0.3) is 0 Å². The van der Waals surface area contributed by atoms with Gasteiger partial charge in [0.2, 0.25) is 5.91 Å². The second-order valence-electron chi connectivity index (χ2n) is 6.05. The van der Waals surface area contributed by atoms with Gasteiger partial charge in [-0.15, -0.1) is 0 Å². The van der Waals surface area contributed by atoms with Gasteiger partial charge in [-0.05, 0) is 48.9 Å². The van der Waals surface area contributed by atoms with Gasteiger partial charge >= 0.3 is 0 Å². The smallest absolute Gasteiger partial charge is 0.262 e. The number of hydrogen-bond acceptors (Lipinski definition) is 5. The van der Waals surface area contributed by atoms with Crippen molar-refractivity contribution in [2.45, 2.75) is 12.8 Å². The average Bonchev–Trinajstić information content (AvgIpc) is 3.12. The number of hydrogen-bond donors (Lipinski definition) is 1. The van der Waals surface area contributed by atoms with Crippen LogP contribution in [0.4, 0.5) is 11.4 Å². The molecule has 1 fully saturated rings. The molecular formula is C20H22N2O5. The summed E-state index contributed by atoms with van der Waals surface area (Å²) in [7, 11) is 3.14. The fraction of sp³-hybridized carbons (Fsp3) is 0.300. The molecule has 2 aromatic rings. The van der Waals surface area contributed by atoms with E-state index in [1.54, 1.807) is 61.6 Å². The number of carbonyl (C=O) groups is 2. The van der Waals surface area contributed by atoms with Crippen LogP contribution in [0.3, 0.4) is 0 Å². The lowest BCUT2D eigenvalue weighted by Crippen LogP contribution is -2.25. The first kappa shape index (κ1) is 18.6. The van der Waals surface area contributed by atoms with Gasteiger partial charge in [0.25, 0.3) is 5.91 Å². The lowest BCUT2D eigenvalue weighted by atomic mass is 10.2. The van der Waals surface area contributed by atoms with Gasteiger partial charge in [0.1, 0.15) is 17.2 Å². The Morgan fingerprint density at radius 1 is 1.07 bits per heavy atom. The number of nitrogens with one attached hydrogen (secondary N) is 1. The van der Waals surface area contributed by atoms with Gasteiger partial charge in [-0.2, -0.15) is 0 Å². The topological polar surface area (TPSA) is 77.1 Å². The van der Waals surface area contributed by atoms with Crippen LogP contribution in [-0.4, -0.2) is 39.2 Å². The standard InChI is InChI=1S/C20H22N2O5/c1-25-15-6-8-16(9-7-15)27-13-19(23)21-14-5-10-18(26-2)17(12-14)22-11-3-4-20(22)24/h5-10,12H,3-4,11,13H2,1-2H3,(H,21,23). The lowest BCUT2D eigenvalue weighted by molar-refractivity contribution is -0.118. The molecule has 1 aliphatic heterocycles. The van der Waals surface area contributed by atoms with E-state index in [2.05, 4.69) is 5.32 Å². The maximum atomic E-state index is 12.2. The first-order valence-corrected chi connectivity index (χ1v) is 8.66. The van der Waals surface area contributed by atoms with Crippen molar-refractivity contribution in [3.63, 3.8) is 0 Å². The molecular weight excluding hydrogens is 348 g/mol. The van der Waals surface area contributed by atoms with Crippen LogP contribution in [0, 0.1) is 0 Å². The fourth-order valence-electron chi connectivity index (χ4n) is 2.90. The molecule has 142 valence electrons. The van der Waals surface area contributed by atoms with E-state index in [0.717, 1.165) is 6.42 Å². The van der Waals surface area contributed by atoms with E-state index in [9.17, 15) is 9.59 Å². The molecule has 2 aromatic carbocycles. The fourth-order valence-corrected chi connectivity index (χ4v) is 2.90. The van der Waals surface area contributed by atoms with Gasteiger partial charge in [0, 0.05) is 18.7 Å². The molecule has 0 spiro atoms. The number of ether oxygens (including phenoxy) is 3. The molecule has 0 aromatic heterocycles. The van der Waals surface area contributed by atoms with Crippen molar-refractivity contribution >= 4 is 23.2 Å². The third kappa shape index (κ3) is 4.49. The predicted octanol–water partition coefficient (Wildman–Crippen LogP) is 2.85. The minimum absolute atomic E-state index is 0.0552. The molecule has 2 amide bonds. The highest BCUT2D eigenvalue weighted by Crippen LogP contribution is 2.34. The van der Waals surface area contributed by atoms with Gasteiger partial charge in [0.05, 0.1) is 19.9 Å². The number of carbonyl (C=O) groups excluding carboxylic acids is 2. The van der Waals surface area contributed by atoms with Crippen molar-refractivity contribution in [3.05, 3.63) is 42.5 Å². The maximum Gasteiger partial charge on any atom is 0.262 e. The first-order chi connectivity index (χ1) is 13.1. The van der Waals surface area contributed by atoms with E-state index in [4.69, 9.17) is 14.2 Å². The maximum absolute atomic E-state index is 12.2. The molecule has 0 atom stereocenters. The van der Waals surface area contributed by atoms with E-state index in [-0.39, 0.29) is 18.4 Å². The SMILES string of the molecule is COc1ccc(OCC(=O)Nc2ccc(OC)c(N3CCCC3=O)c2)cc1. The zero-order valence-corrected chi connectivity index (χ0v) is 15.4. The summed E-state index contributed by atoms with van der Waals surface area (Å²) in [5, 5.41) is 2.78. The third-order valence-electron chi connectivity index (χ3n) is 4.26. The van der Waals surface area contributed by atoms with Gasteiger partial charge in [0.15, 0.2) is 6.61 Å². The van der Waals surface area contributed by atoms with E-state index in [0.29, 0.717) is 41.6 Å². The normalized spacial score (nSPS) is 13.4. The van der Waals surface area contributed by atoms with E-state index in [1.165, 1.54) is 0 Å². The summed E-state index contributed by atoms with van der Waals surface area (Å²) >= 11 is 0. The van der Waals surface area contributed by atoms with Crippen LogP contribution >= 0.6 is 0 Å². The Kier molecular flexibility index (Phi) is 5.80. The van der Waals surface area contributed by atoms with Gasteiger partial charge in [-0.3, -0.25) is 9.59 Å². The van der Waals surface area contributed by atoms with Crippen LogP contribution in [0.5, 0.6) is 17.2 Å². The molecule has 1 N–H and O–H groups in total. The first-order valence-electron chi connectivity index (χ1n) is 8.66. The van der Waals surface area contributed by atoms with Crippen molar-refractivity contribution < 1.29 is 23.8 Å². The highest BCUT2D eigenvalue weighted by Gasteiger charge is 2.24. The summed E-state index contributed by atoms with van der Waals surface area (Å²) in [5.74, 6) is 1.64. The second-order valence-corrected chi connectivity index (χ2v) is 6.05. The molecule has 7 nitrogen and oxygen atoms in total. The van der Waals surface area contributed by atoms with Crippen molar-refractivity contribution in [1.82, 2.24) is 0 Å². The Balaban J connectivity index is 1.64. The van der Waals surface area contributed by atoms with Gasteiger partial charge in [-0.25, -0.2) is 0 Å². The molecule has 27 heavy (non-hydrogen) atoms. The molecule has 1 saturated heterocycles. The minimum atomic E-state index is -0.297. The molecule has 3 rings (SSSR count). The lowest BCUT2D eigenvalue weighted by Gasteiger charge is -2.20. The summed E-state index contributed by atoms with van der Waals surface area (Å²) in [4.78, 5) is 25.9. The third-order valence-corrected chi connectivity index (χ3v) is 4.26. The van der Waals surface area contributed by atoms with Gasteiger partial charge < -0.3 is 24.4 Å². The number of anilines is 2. The van der Waals surface area contributed by atoms with Crippen LogP contribution in [0.1, 0.15) is 12.8 Å². The Hall–Kier alpha value is -3.22. The number of benzene rings is 2. The Labute approximate surface area is 157 Å². The van der Waals surface area contributed by atoms with Crippen LogP contribution in [-0.2, 0) is 9.59 Å². The predicted molar refractivity (Wildman–Crippen MR) is 102 cm³/mol. The molecule has 1 heterocycles. The molecule has 0 aliphatic carbocycles. The molecule has 7 heteroatoms. The van der Waals surface area contributed by atoms with Gasteiger partial charge in [-0.1, -0.05) is 0 Å². The summed E-state index contributed by atoms with van der Waals surface area (Å²) in [6.07, 6.45) is 1.34. The number of nitrogens with zero attached hydrogens (tertiary/aromatic N) is 1. The van der Waals surface area contributed by atoms with Crippen LogP contribution < -0.4 is 24.4 Å². The molecule has 0 bridgehead atoms. The van der Waals surface area contributed by atoms with Crippen molar-refractivity contribution in [2.75, 3.05) is 37.6 Å². The number of methoxy groups -OCH3 is 2. The molecule has 1 aliphatic rings. The zero-order valence-electron chi connectivity index (χ0n) is 15.4. The van der Waals surface area contributed by atoms with Crippen LogP contribution in [0.2, 0.25) is 0 Å². The summed E-state index contributed by atoms with van der Waals surface area (Å²) in [6.45, 7) is 0.517. The Bertz CT molecular complexity index is 820. The van der Waals surface area contributed by atoms with E-state index in [1.807, 2.05) is 0 Å². The second kappa shape index (κ2) is 8.44. The Morgan fingerprint density at radius 2 is 1.81 bits per heavy atom. The monoisotopic (exact) mass is 370 g/mol. The summed E-state index contributed by atoms with van der Waals surface area (Å²) < 4.78 is 15.9. The highest BCUT2D eigenvalue weighted by atomic mass is 16.5. The minimum Gasteiger partial charge on any atom is -0.497 e. The van der Waals surface area contributed by atoms with Crippen molar-refractivity contribution in [1.29, 1.82) is 0 Å². The largest absolute Gasteiger partial charge is 0.497 e. The van der Waals surface area contributed by atoms with Crippen molar-refractivity contribution in [2.24, 2.45) is 0 Å². The summed E-state index contributed by atoms with van der Waals surface area (Å²) in [5.41, 5.74) is 1.24. The summed E-state index contributed by atoms with van der Waals surface area (Å²) in [6, 6.07) is 12.2. The zero-order chi connectivity index (χ0) is 19.2. The van der Waals surface area contributed by atoms with E-state index < -0.39 is 0 Å². The molecule has 0 radical (unpaired) electrons. The highest BCUT2D eigenvalue weighted by molar-refractivity contribution is 5.98. The van der Waals surface area contributed by atoms with Crippen molar-refractivity contribution in [3.8, 4) is 17.2 Å². The van der Waals surface area contributed by atoms with Crippen LogP contribution in [0.15, 0.2) is 42.5 Å². The molecule has 0 unspecified atom stereocenters. The molecule has 0 saturated carbocycles. The number of amides is 2. The number of rotatable bonds is 7. The average molecular weight is 370 g/mol. The Morgan fingerprint density at radius 3 is 2.44 bits per heavy atom. The van der Waals surface area contributed by atoms with E-state index >= 15 is 0 Å². The quantitative estimate of drug-likeness (QED) is 0.811.